The first-order chi connectivity index (χ1) is 17.5. The summed E-state index contributed by atoms with van der Waals surface area (Å²) in [6.07, 6.45) is 12.3. The SMILES string of the molecule is CC.C\C=C(Cl)/C=C\C=C\NCCN(CC)C(=O)C(C)N1CCCC1.O=CNc1ccc(N=O)cc1. The third kappa shape index (κ3) is 13.8. The number of nitrogens with one attached hydrogen (secondary N) is 2. The molecule has 200 valence electrons. The van der Waals surface area contributed by atoms with Gasteiger partial charge in [-0.25, -0.2) is 0 Å². The van der Waals surface area contributed by atoms with Crippen molar-refractivity contribution in [2.75, 3.05) is 38.0 Å². The van der Waals surface area contributed by atoms with Crippen LogP contribution in [0.1, 0.15) is 47.5 Å². The van der Waals surface area contributed by atoms with Crippen molar-refractivity contribution in [3.8, 4) is 0 Å². The van der Waals surface area contributed by atoms with Crippen molar-refractivity contribution in [3.05, 3.63) is 64.7 Å². The first kappa shape index (κ1) is 33.0. The zero-order valence-electron chi connectivity index (χ0n) is 22.2. The second-order valence-electron chi connectivity index (χ2n) is 7.58. The van der Waals surface area contributed by atoms with E-state index in [9.17, 15) is 14.5 Å². The molecule has 36 heavy (non-hydrogen) atoms. The van der Waals surface area contributed by atoms with Gasteiger partial charge in [-0.1, -0.05) is 37.6 Å². The van der Waals surface area contributed by atoms with Crippen LogP contribution in [0.4, 0.5) is 11.4 Å². The molecule has 0 radical (unpaired) electrons. The van der Waals surface area contributed by atoms with Gasteiger partial charge in [0.05, 0.1) is 6.04 Å². The molecule has 1 fully saturated rings. The Morgan fingerprint density at radius 2 is 1.83 bits per heavy atom. The largest absolute Gasteiger partial charge is 0.389 e. The summed E-state index contributed by atoms with van der Waals surface area (Å²) in [6.45, 7) is 14.3. The number of nitrogens with zero attached hydrogens (tertiary/aromatic N) is 3. The highest BCUT2D eigenvalue weighted by Crippen LogP contribution is 2.15. The predicted molar refractivity (Wildman–Crippen MR) is 151 cm³/mol. The maximum absolute atomic E-state index is 12.5. The van der Waals surface area contributed by atoms with Crippen molar-refractivity contribution in [1.82, 2.24) is 15.1 Å². The molecule has 1 saturated heterocycles. The lowest BCUT2D eigenvalue weighted by Crippen LogP contribution is -2.47. The highest BCUT2D eigenvalue weighted by Gasteiger charge is 2.26. The normalized spacial score (nSPS) is 14.3. The molecule has 1 aromatic carbocycles. The van der Waals surface area contributed by atoms with Crippen LogP contribution in [0.3, 0.4) is 0 Å². The highest BCUT2D eigenvalue weighted by atomic mass is 35.5. The van der Waals surface area contributed by atoms with Crippen LogP contribution in [0, 0.1) is 4.91 Å². The number of likely N-dealkylation sites (tertiary alicyclic amines) is 1. The monoisotopic (exact) mass is 519 g/mol. The summed E-state index contributed by atoms with van der Waals surface area (Å²) in [5, 5.41) is 9.06. The summed E-state index contributed by atoms with van der Waals surface area (Å²) >= 11 is 5.86. The zero-order chi connectivity index (χ0) is 27.2. The fourth-order valence-electron chi connectivity index (χ4n) is 3.31. The van der Waals surface area contributed by atoms with Crippen LogP contribution in [0.5, 0.6) is 0 Å². The predicted octanol–water partition coefficient (Wildman–Crippen LogP) is 5.80. The number of hydrogen-bond acceptors (Lipinski definition) is 6. The second-order valence-corrected chi connectivity index (χ2v) is 8.02. The van der Waals surface area contributed by atoms with Crippen LogP contribution >= 0.6 is 11.6 Å². The molecule has 0 saturated carbocycles. The minimum Gasteiger partial charge on any atom is -0.389 e. The van der Waals surface area contributed by atoms with Crippen LogP contribution in [0.25, 0.3) is 0 Å². The van der Waals surface area contributed by atoms with Crippen LogP contribution in [0.2, 0.25) is 0 Å². The molecule has 1 aliphatic rings. The van der Waals surface area contributed by atoms with E-state index in [1.54, 1.807) is 12.1 Å². The summed E-state index contributed by atoms with van der Waals surface area (Å²) in [5.74, 6) is 0.236. The summed E-state index contributed by atoms with van der Waals surface area (Å²) in [4.78, 5) is 36.6. The third-order valence-electron chi connectivity index (χ3n) is 5.32. The van der Waals surface area contributed by atoms with E-state index in [4.69, 9.17) is 11.6 Å². The average molecular weight is 520 g/mol. The Bertz CT molecular complexity index is 834. The van der Waals surface area contributed by atoms with Gasteiger partial charge in [0.25, 0.3) is 0 Å². The number of rotatable bonds is 12. The molecule has 0 spiro atoms. The summed E-state index contributed by atoms with van der Waals surface area (Å²) in [7, 11) is 0. The topological polar surface area (TPSA) is 94.1 Å². The molecule has 0 aromatic heterocycles. The van der Waals surface area contributed by atoms with E-state index in [0.29, 0.717) is 22.8 Å². The Morgan fingerprint density at radius 1 is 1.19 bits per heavy atom. The number of halogens is 1. The summed E-state index contributed by atoms with van der Waals surface area (Å²) in [5.41, 5.74) is 0.994. The molecule has 0 bridgehead atoms. The number of carbonyl (C=O) groups is 2. The van der Waals surface area contributed by atoms with Crippen molar-refractivity contribution in [1.29, 1.82) is 0 Å². The van der Waals surface area contributed by atoms with Gasteiger partial charge in [0.15, 0.2) is 0 Å². The van der Waals surface area contributed by atoms with Crippen molar-refractivity contribution in [2.45, 2.75) is 53.5 Å². The number of hydrogen-bond donors (Lipinski definition) is 2. The Hall–Kier alpha value is -2.97. The molecule has 1 heterocycles. The maximum Gasteiger partial charge on any atom is 0.239 e. The highest BCUT2D eigenvalue weighted by molar-refractivity contribution is 6.31. The molecule has 1 atom stereocenters. The minimum atomic E-state index is -0.00102. The molecule has 8 nitrogen and oxygen atoms in total. The first-order valence-electron chi connectivity index (χ1n) is 12.5. The molecular weight excluding hydrogens is 478 g/mol. The van der Waals surface area contributed by atoms with E-state index < -0.39 is 0 Å². The summed E-state index contributed by atoms with van der Waals surface area (Å²) < 4.78 is 0. The van der Waals surface area contributed by atoms with E-state index in [0.717, 1.165) is 32.7 Å². The fourth-order valence-corrected chi connectivity index (χ4v) is 3.38. The number of carbonyl (C=O) groups excluding carboxylic acids is 2. The molecule has 2 rings (SSSR count). The van der Waals surface area contributed by atoms with Gasteiger partial charge in [-0.3, -0.25) is 14.5 Å². The van der Waals surface area contributed by atoms with Crippen LogP contribution < -0.4 is 10.6 Å². The lowest BCUT2D eigenvalue weighted by molar-refractivity contribution is -0.135. The average Bonchev–Trinajstić information content (AvgIpc) is 3.46. The lowest BCUT2D eigenvalue weighted by atomic mass is 10.2. The molecule has 1 aromatic rings. The molecule has 2 N–H and O–H groups in total. The van der Waals surface area contributed by atoms with E-state index >= 15 is 0 Å². The first-order valence-corrected chi connectivity index (χ1v) is 12.9. The van der Waals surface area contributed by atoms with Gasteiger partial charge in [0.2, 0.25) is 12.3 Å². The van der Waals surface area contributed by atoms with Crippen LogP contribution in [-0.4, -0.2) is 60.9 Å². The van der Waals surface area contributed by atoms with Crippen molar-refractivity contribution in [2.24, 2.45) is 5.18 Å². The Kier molecular flexibility index (Phi) is 19.6. The Labute approximate surface area is 221 Å². The number of nitroso groups, excluding NO2 is 1. The molecule has 9 heteroatoms. The van der Waals surface area contributed by atoms with E-state index in [-0.39, 0.29) is 11.9 Å². The number of likely N-dealkylation sites (N-methyl/N-ethyl adjacent to an activating group) is 1. The van der Waals surface area contributed by atoms with Crippen LogP contribution in [0.15, 0.2) is 65.0 Å². The van der Waals surface area contributed by atoms with Gasteiger partial charge in [0.1, 0.15) is 5.69 Å². The second kappa shape index (κ2) is 21.3. The number of amides is 2. The van der Waals surface area contributed by atoms with Gasteiger partial charge < -0.3 is 15.5 Å². The van der Waals surface area contributed by atoms with E-state index in [2.05, 4.69) is 20.7 Å². The minimum absolute atomic E-state index is 0.00102. The number of allylic oxidation sites excluding steroid dienone is 5. The molecule has 1 unspecified atom stereocenters. The fraction of sp³-hybridized carbons (Fsp3) is 0.481. The van der Waals surface area contributed by atoms with Gasteiger partial charge in [-0.15, -0.1) is 4.91 Å². The van der Waals surface area contributed by atoms with Gasteiger partial charge >= 0.3 is 0 Å². The molecule has 2 amide bonds. The van der Waals surface area contributed by atoms with Gasteiger partial charge in [-0.2, -0.15) is 0 Å². The van der Waals surface area contributed by atoms with E-state index in [1.165, 1.54) is 25.0 Å². The van der Waals surface area contributed by atoms with Crippen LogP contribution in [-0.2, 0) is 9.59 Å². The zero-order valence-corrected chi connectivity index (χ0v) is 23.0. The smallest absolute Gasteiger partial charge is 0.239 e. The lowest BCUT2D eigenvalue weighted by Gasteiger charge is -2.29. The standard InChI is InChI=1S/C18H30ClN3O.C7H6N2O2.C2H6/c1-4-17(19)10-6-7-11-20-12-15-21(5-2)18(23)16(3)22-13-8-9-14-22;10-5-8-6-1-3-7(9-11)4-2-6;1-2/h4,6-7,10-11,16,20H,5,8-9,12-15H2,1-3H3;1-5H,(H,8,10);1-2H3/b10-6-,11-7+,17-4+;;. The van der Waals surface area contributed by atoms with Crippen molar-refractivity contribution < 1.29 is 9.59 Å². The Morgan fingerprint density at radius 3 is 2.36 bits per heavy atom. The third-order valence-corrected chi connectivity index (χ3v) is 5.66. The Balaban J connectivity index is 0.000000784. The number of anilines is 1. The van der Waals surface area contributed by atoms with Gasteiger partial charge in [-0.05, 0) is 94.5 Å². The molecular formula is C27H42ClN5O3. The number of benzene rings is 1. The summed E-state index contributed by atoms with van der Waals surface area (Å²) in [6, 6.07) is 6.26. The maximum atomic E-state index is 12.5. The van der Waals surface area contributed by atoms with Crippen molar-refractivity contribution >= 4 is 35.3 Å². The van der Waals surface area contributed by atoms with Crippen molar-refractivity contribution in [3.63, 3.8) is 0 Å². The van der Waals surface area contributed by atoms with Gasteiger partial charge in [0, 0.05) is 30.4 Å². The molecule has 1 aliphatic heterocycles. The molecule has 0 aliphatic carbocycles. The quantitative estimate of drug-likeness (QED) is 0.157. The van der Waals surface area contributed by atoms with E-state index in [1.807, 2.05) is 70.0 Å².